The Kier molecular flexibility index (Phi) is 3.79. The number of hydrogen-bond donors (Lipinski definition) is 0. The van der Waals surface area contributed by atoms with E-state index in [9.17, 15) is 9.59 Å². The highest BCUT2D eigenvalue weighted by molar-refractivity contribution is 5.80. The van der Waals surface area contributed by atoms with E-state index >= 15 is 0 Å². The maximum atomic E-state index is 10.5. The summed E-state index contributed by atoms with van der Waals surface area (Å²) in [7, 11) is 0. The van der Waals surface area contributed by atoms with Crippen molar-refractivity contribution in [3.8, 4) is 11.1 Å². The first-order valence-electron chi connectivity index (χ1n) is 5.61. The summed E-state index contributed by atoms with van der Waals surface area (Å²) in [6.45, 7) is 2.00. The fourth-order valence-electron chi connectivity index (χ4n) is 1.76. The minimum Gasteiger partial charge on any atom is -0.211 e. The summed E-state index contributed by atoms with van der Waals surface area (Å²) in [6, 6.07) is 12.8. The Morgan fingerprint density at radius 3 is 2.21 bits per heavy atom. The number of nitrogens with zero attached hydrogens (tertiary/aromatic N) is 2. The molecule has 2 rings (SSSR count). The smallest absolute Gasteiger partial charge is 0.211 e. The van der Waals surface area contributed by atoms with Crippen LogP contribution in [0.4, 0.5) is 11.4 Å². The van der Waals surface area contributed by atoms with Gasteiger partial charge < -0.3 is 0 Å². The average molecular weight is 250 g/mol. The van der Waals surface area contributed by atoms with Crippen LogP contribution >= 0.6 is 0 Å². The highest BCUT2D eigenvalue weighted by Crippen LogP contribution is 2.33. The molecule has 4 nitrogen and oxygen atoms in total. The molecule has 0 spiro atoms. The molecule has 2 aromatic carbocycles. The van der Waals surface area contributed by atoms with Crippen LogP contribution in [-0.2, 0) is 9.59 Å². The lowest BCUT2D eigenvalue weighted by Gasteiger charge is -2.06. The summed E-state index contributed by atoms with van der Waals surface area (Å²) in [5.41, 5.74) is 3.69. The Hall–Kier alpha value is -2.80. The lowest BCUT2D eigenvalue weighted by molar-refractivity contribution is 0.565. The van der Waals surface area contributed by atoms with Crippen LogP contribution in [0, 0.1) is 6.92 Å². The Balaban J connectivity index is 2.59. The summed E-state index contributed by atoms with van der Waals surface area (Å²) < 4.78 is 0. The average Bonchev–Trinajstić information content (AvgIpc) is 2.41. The van der Waals surface area contributed by atoms with E-state index in [-0.39, 0.29) is 0 Å². The molecule has 0 saturated heterocycles. The third-order valence-corrected chi connectivity index (χ3v) is 2.68. The molecule has 0 aliphatic heterocycles. The van der Waals surface area contributed by atoms with Crippen molar-refractivity contribution in [2.24, 2.45) is 9.98 Å². The Bertz CT molecular complexity index is 693. The van der Waals surface area contributed by atoms with Crippen molar-refractivity contribution in [2.75, 3.05) is 0 Å². The molecule has 0 bridgehead atoms. The van der Waals surface area contributed by atoms with Gasteiger partial charge in [0.2, 0.25) is 12.2 Å². The number of aliphatic imine (C=N–C) groups is 2. The van der Waals surface area contributed by atoms with Gasteiger partial charge in [0.1, 0.15) is 0 Å². The van der Waals surface area contributed by atoms with Gasteiger partial charge in [-0.05, 0) is 24.6 Å². The third kappa shape index (κ3) is 2.90. The van der Waals surface area contributed by atoms with Gasteiger partial charge in [-0.25, -0.2) is 9.59 Å². The summed E-state index contributed by atoms with van der Waals surface area (Å²) >= 11 is 0. The Morgan fingerprint density at radius 2 is 1.58 bits per heavy atom. The van der Waals surface area contributed by atoms with Gasteiger partial charge in [0, 0.05) is 5.56 Å². The van der Waals surface area contributed by atoms with E-state index < -0.39 is 0 Å². The summed E-state index contributed by atoms with van der Waals surface area (Å²) in [4.78, 5) is 27.9. The number of isocyanates is 2. The van der Waals surface area contributed by atoms with E-state index in [2.05, 4.69) is 9.98 Å². The first kappa shape index (κ1) is 12.7. The molecule has 0 saturated carbocycles. The lowest BCUT2D eigenvalue weighted by atomic mass is 10.0. The molecule has 0 radical (unpaired) electrons. The Morgan fingerprint density at radius 1 is 0.895 bits per heavy atom. The summed E-state index contributed by atoms with van der Waals surface area (Å²) in [5.74, 6) is 0. The van der Waals surface area contributed by atoms with Gasteiger partial charge in [-0.3, -0.25) is 0 Å². The molecular formula is C15H10N2O2. The number of carbonyl (C=O) groups excluding carboxylic acids is 2. The van der Waals surface area contributed by atoms with Gasteiger partial charge in [-0.2, -0.15) is 9.98 Å². The molecule has 0 heterocycles. The van der Waals surface area contributed by atoms with Crippen molar-refractivity contribution in [3.63, 3.8) is 0 Å². The molecule has 0 amide bonds. The number of hydrogen-bond acceptors (Lipinski definition) is 4. The zero-order chi connectivity index (χ0) is 13.7. The van der Waals surface area contributed by atoms with Crippen molar-refractivity contribution in [1.82, 2.24) is 0 Å². The monoisotopic (exact) mass is 250 g/mol. The lowest BCUT2D eigenvalue weighted by Crippen LogP contribution is -1.80. The van der Waals surface area contributed by atoms with Crippen LogP contribution in [-0.4, -0.2) is 12.2 Å². The molecule has 0 N–H and O–H groups in total. The zero-order valence-electron chi connectivity index (χ0n) is 10.3. The van der Waals surface area contributed by atoms with Gasteiger partial charge in [0.05, 0.1) is 11.4 Å². The second-order valence-electron chi connectivity index (χ2n) is 3.97. The van der Waals surface area contributed by atoms with Crippen molar-refractivity contribution in [1.29, 1.82) is 0 Å². The molecule has 0 atom stereocenters. The second kappa shape index (κ2) is 5.69. The second-order valence-corrected chi connectivity index (χ2v) is 3.97. The third-order valence-electron chi connectivity index (χ3n) is 2.68. The molecule has 2 aromatic rings. The van der Waals surface area contributed by atoms with E-state index in [4.69, 9.17) is 0 Å². The van der Waals surface area contributed by atoms with E-state index in [0.717, 1.165) is 16.7 Å². The van der Waals surface area contributed by atoms with Gasteiger partial charge >= 0.3 is 0 Å². The molecule has 92 valence electrons. The topological polar surface area (TPSA) is 58.9 Å². The number of rotatable bonds is 3. The van der Waals surface area contributed by atoms with Crippen molar-refractivity contribution >= 4 is 23.5 Å². The number of benzene rings is 2. The first-order chi connectivity index (χ1) is 9.24. The minimum atomic E-state index is 0.403. The fourth-order valence-corrected chi connectivity index (χ4v) is 1.76. The molecule has 19 heavy (non-hydrogen) atoms. The quantitative estimate of drug-likeness (QED) is 0.617. The molecule has 0 unspecified atom stereocenters. The minimum absolute atomic E-state index is 0.403. The van der Waals surface area contributed by atoms with Crippen LogP contribution in [0.2, 0.25) is 0 Å². The van der Waals surface area contributed by atoms with E-state index in [1.807, 2.05) is 31.2 Å². The van der Waals surface area contributed by atoms with Crippen LogP contribution < -0.4 is 0 Å². The van der Waals surface area contributed by atoms with Gasteiger partial charge in [0.15, 0.2) is 0 Å². The van der Waals surface area contributed by atoms with Crippen molar-refractivity contribution in [3.05, 3.63) is 48.0 Å². The zero-order valence-corrected chi connectivity index (χ0v) is 10.3. The maximum absolute atomic E-state index is 10.5. The first-order valence-corrected chi connectivity index (χ1v) is 5.61. The van der Waals surface area contributed by atoms with Crippen LogP contribution in [0.3, 0.4) is 0 Å². The standard InChI is InChI=1S/C15H10N2O2/c1-11-2-4-12(5-3-11)14-7-6-13(16-9-18)8-15(14)17-10-19/h2-8H,1H3. The van der Waals surface area contributed by atoms with Gasteiger partial charge in [-0.1, -0.05) is 35.9 Å². The van der Waals surface area contributed by atoms with E-state index in [0.29, 0.717) is 11.4 Å². The maximum Gasteiger partial charge on any atom is 0.240 e. The predicted octanol–water partition coefficient (Wildman–Crippen LogP) is 3.60. The van der Waals surface area contributed by atoms with E-state index in [1.54, 1.807) is 18.2 Å². The highest BCUT2D eigenvalue weighted by atomic mass is 16.1. The molecule has 4 heteroatoms. The summed E-state index contributed by atoms with van der Waals surface area (Å²) in [6.07, 6.45) is 2.96. The molecular weight excluding hydrogens is 240 g/mol. The van der Waals surface area contributed by atoms with E-state index in [1.165, 1.54) is 12.2 Å². The molecule has 0 aromatic heterocycles. The normalized spacial score (nSPS) is 9.32. The number of aryl methyl sites for hydroxylation is 1. The van der Waals surface area contributed by atoms with Crippen molar-refractivity contribution in [2.45, 2.75) is 6.92 Å². The van der Waals surface area contributed by atoms with Crippen LogP contribution in [0.1, 0.15) is 5.56 Å². The van der Waals surface area contributed by atoms with Crippen molar-refractivity contribution < 1.29 is 9.59 Å². The molecule has 0 fully saturated rings. The summed E-state index contributed by atoms with van der Waals surface area (Å²) in [5, 5.41) is 0. The van der Waals surface area contributed by atoms with Crippen LogP contribution in [0.5, 0.6) is 0 Å². The van der Waals surface area contributed by atoms with Crippen LogP contribution in [0.25, 0.3) is 11.1 Å². The molecule has 0 aliphatic carbocycles. The fraction of sp³-hybridized carbons (Fsp3) is 0.0667. The Labute approximate surface area is 110 Å². The van der Waals surface area contributed by atoms with Gasteiger partial charge in [0.25, 0.3) is 0 Å². The van der Waals surface area contributed by atoms with Gasteiger partial charge in [-0.15, -0.1) is 0 Å². The van der Waals surface area contributed by atoms with Crippen LogP contribution in [0.15, 0.2) is 52.4 Å². The largest absolute Gasteiger partial charge is 0.240 e. The predicted molar refractivity (Wildman–Crippen MR) is 72.2 cm³/mol. The highest BCUT2D eigenvalue weighted by Gasteiger charge is 2.05. The molecule has 0 aliphatic rings. The SMILES string of the molecule is Cc1ccc(-c2ccc(N=C=O)cc2N=C=O)cc1.